The highest BCUT2D eigenvalue weighted by molar-refractivity contribution is 5.95. The Morgan fingerprint density at radius 1 is 1.14 bits per heavy atom. The molecule has 0 radical (unpaired) electrons. The lowest BCUT2D eigenvalue weighted by Crippen LogP contribution is -2.49. The molecule has 0 aliphatic carbocycles. The molecule has 1 aliphatic rings. The molecule has 1 aliphatic heterocycles. The second-order valence-corrected chi connectivity index (χ2v) is 6.81. The lowest BCUT2D eigenvalue weighted by Gasteiger charge is -2.36. The quantitative estimate of drug-likeness (QED) is 0.650. The van der Waals surface area contributed by atoms with Gasteiger partial charge in [0.1, 0.15) is 12.1 Å². The number of benzene rings is 1. The zero-order valence-electron chi connectivity index (χ0n) is 16.8. The van der Waals surface area contributed by atoms with Crippen molar-refractivity contribution in [2.75, 3.05) is 44.8 Å². The summed E-state index contributed by atoms with van der Waals surface area (Å²) in [7, 11) is 1.59. The number of amides is 1. The molecule has 152 valence electrons. The minimum absolute atomic E-state index is 0.00920. The highest BCUT2D eigenvalue weighted by Gasteiger charge is 2.25. The number of aryl methyl sites for hydroxylation is 1. The molecule has 0 bridgehead atoms. The van der Waals surface area contributed by atoms with Gasteiger partial charge in [-0.05, 0) is 32.0 Å². The summed E-state index contributed by atoms with van der Waals surface area (Å²) in [6, 6.07) is 7.30. The predicted octanol–water partition coefficient (Wildman–Crippen LogP) is 1.80. The van der Waals surface area contributed by atoms with E-state index in [4.69, 9.17) is 9.47 Å². The van der Waals surface area contributed by atoms with Gasteiger partial charge in [0.05, 0.1) is 13.7 Å². The van der Waals surface area contributed by atoms with Crippen LogP contribution >= 0.6 is 0 Å². The summed E-state index contributed by atoms with van der Waals surface area (Å²) in [6.45, 7) is 7.00. The Morgan fingerprint density at radius 3 is 2.66 bits per heavy atom. The summed E-state index contributed by atoms with van der Waals surface area (Å²) in [5.41, 5.74) is 1.49. The van der Waals surface area contributed by atoms with E-state index in [-0.39, 0.29) is 5.91 Å². The maximum atomic E-state index is 13.0. The Labute approximate surface area is 168 Å². The standard InChI is InChI=1S/C20H24N6O3/c1-4-29-17-12-15(5-6-16(17)28-3)19(27)25-9-7-24(8-10-25)18-11-14(2)23-20-21-13-22-26(18)20/h5-6,11-13H,4,7-10H2,1-3H3. The van der Waals surface area contributed by atoms with E-state index >= 15 is 0 Å². The van der Waals surface area contributed by atoms with Crippen LogP contribution in [0.4, 0.5) is 5.82 Å². The summed E-state index contributed by atoms with van der Waals surface area (Å²) >= 11 is 0. The van der Waals surface area contributed by atoms with Gasteiger partial charge in [-0.15, -0.1) is 0 Å². The van der Waals surface area contributed by atoms with E-state index in [1.165, 1.54) is 6.33 Å². The van der Waals surface area contributed by atoms with Crippen molar-refractivity contribution in [3.63, 3.8) is 0 Å². The van der Waals surface area contributed by atoms with Gasteiger partial charge in [-0.2, -0.15) is 14.6 Å². The SMILES string of the molecule is CCOc1cc(C(=O)N2CCN(c3cc(C)nc4ncnn34)CC2)ccc1OC. The van der Waals surface area contributed by atoms with Crippen LogP contribution in [0.2, 0.25) is 0 Å². The van der Waals surface area contributed by atoms with E-state index in [2.05, 4.69) is 20.0 Å². The summed E-state index contributed by atoms with van der Waals surface area (Å²) in [5, 5.41) is 4.28. The molecular formula is C20H24N6O3. The summed E-state index contributed by atoms with van der Waals surface area (Å²) in [6.07, 6.45) is 1.50. The Balaban J connectivity index is 1.49. The van der Waals surface area contributed by atoms with Crippen molar-refractivity contribution in [1.82, 2.24) is 24.5 Å². The molecule has 1 aromatic carbocycles. The number of piperazine rings is 1. The van der Waals surface area contributed by atoms with Gasteiger partial charge in [0, 0.05) is 43.5 Å². The highest BCUT2D eigenvalue weighted by Crippen LogP contribution is 2.29. The molecule has 1 fully saturated rings. The van der Waals surface area contributed by atoms with Crippen molar-refractivity contribution in [3.8, 4) is 11.5 Å². The topological polar surface area (TPSA) is 85.1 Å². The van der Waals surface area contributed by atoms with Crippen LogP contribution < -0.4 is 14.4 Å². The second kappa shape index (κ2) is 7.94. The maximum Gasteiger partial charge on any atom is 0.254 e. The van der Waals surface area contributed by atoms with Crippen LogP contribution in [0.3, 0.4) is 0 Å². The molecule has 2 aromatic heterocycles. The van der Waals surface area contributed by atoms with Crippen molar-refractivity contribution in [2.45, 2.75) is 13.8 Å². The normalized spacial score (nSPS) is 14.3. The zero-order valence-corrected chi connectivity index (χ0v) is 16.8. The van der Waals surface area contributed by atoms with E-state index in [9.17, 15) is 4.79 Å². The first-order valence-electron chi connectivity index (χ1n) is 9.63. The Hall–Kier alpha value is -3.36. The molecule has 9 nitrogen and oxygen atoms in total. The van der Waals surface area contributed by atoms with Crippen molar-refractivity contribution in [1.29, 1.82) is 0 Å². The first-order valence-corrected chi connectivity index (χ1v) is 9.63. The number of nitrogens with zero attached hydrogens (tertiary/aromatic N) is 6. The maximum absolute atomic E-state index is 13.0. The molecule has 29 heavy (non-hydrogen) atoms. The first-order chi connectivity index (χ1) is 14.1. The van der Waals surface area contributed by atoms with E-state index in [0.717, 1.165) is 11.5 Å². The highest BCUT2D eigenvalue weighted by atomic mass is 16.5. The largest absolute Gasteiger partial charge is 0.493 e. The fourth-order valence-corrected chi connectivity index (χ4v) is 3.54. The van der Waals surface area contributed by atoms with Gasteiger partial charge >= 0.3 is 0 Å². The van der Waals surface area contributed by atoms with E-state index < -0.39 is 0 Å². The minimum Gasteiger partial charge on any atom is -0.493 e. The van der Waals surface area contributed by atoms with Gasteiger partial charge in [-0.25, -0.2) is 4.98 Å². The number of hydrogen-bond acceptors (Lipinski definition) is 7. The van der Waals surface area contributed by atoms with Crippen molar-refractivity contribution < 1.29 is 14.3 Å². The zero-order chi connectivity index (χ0) is 20.4. The molecule has 0 atom stereocenters. The van der Waals surface area contributed by atoms with Crippen LogP contribution in [0.1, 0.15) is 23.0 Å². The van der Waals surface area contributed by atoms with Crippen LogP contribution in [0.25, 0.3) is 5.78 Å². The molecule has 4 rings (SSSR count). The number of anilines is 1. The molecule has 0 unspecified atom stereocenters. The van der Waals surface area contributed by atoms with Crippen LogP contribution in [0.5, 0.6) is 11.5 Å². The number of carbonyl (C=O) groups is 1. The third-order valence-corrected chi connectivity index (χ3v) is 4.96. The van der Waals surface area contributed by atoms with E-state index in [0.29, 0.717) is 55.6 Å². The molecule has 3 heterocycles. The second-order valence-electron chi connectivity index (χ2n) is 6.81. The number of rotatable bonds is 5. The van der Waals surface area contributed by atoms with Gasteiger partial charge in [-0.3, -0.25) is 4.79 Å². The average Bonchev–Trinajstić information content (AvgIpc) is 3.21. The fraction of sp³-hybridized carbons (Fsp3) is 0.400. The van der Waals surface area contributed by atoms with Crippen molar-refractivity contribution >= 4 is 17.5 Å². The lowest BCUT2D eigenvalue weighted by atomic mass is 10.1. The molecule has 3 aromatic rings. The Morgan fingerprint density at radius 2 is 1.93 bits per heavy atom. The lowest BCUT2D eigenvalue weighted by molar-refractivity contribution is 0.0746. The third-order valence-electron chi connectivity index (χ3n) is 4.96. The number of hydrogen-bond donors (Lipinski definition) is 0. The van der Waals surface area contributed by atoms with Crippen LogP contribution in [0.15, 0.2) is 30.6 Å². The van der Waals surface area contributed by atoms with Crippen LogP contribution in [0, 0.1) is 6.92 Å². The summed E-state index contributed by atoms with van der Waals surface area (Å²) < 4.78 is 12.6. The Bertz CT molecular complexity index is 1030. The molecule has 0 N–H and O–H groups in total. The minimum atomic E-state index is -0.00920. The third kappa shape index (κ3) is 3.67. The molecule has 0 saturated carbocycles. The van der Waals surface area contributed by atoms with Gasteiger partial charge < -0.3 is 19.3 Å². The number of carbonyl (C=O) groups excluding carboxylic acids is 1. The number of methoxy groups -OCH3 is 1. The van der Waals surface area contributed by atoms with Gasteiger partial charge in [0.2, 0.25) is 0 Å². The van der Waals surface area contributed by atoms with Gasteiger partial charge in [0.15, 0.2) is 11.5 Å². The van der Waals surface area contributed by atoms with Gasteiger partial charge in [0.25, 0.3) is 11.7 Å². The number of aromatic nitrogens is 4. The monoisotopic (exact) mass is 396 g/mol. The predicted molar refractivity (Wildman–Crippen MR) is 108 cm³/mol. The number of ether oxygens (including phenoxy) is 2. The molecule has 1 amide bonds. The average molecular weight is 396 g/mol. The smallest absolute Gasteiger partial charge is 0.254 e. The van der Waals surface area contributed by atoms with Crippen molar-refractivity contribution in [3.05, 3.63) is 41.9 Å². The van der Waals surface area contributed by atoms with Crippen molar-refractivity contribution in [2.24, 2.45) is 0 Å². The molecule has 9 heteroatoms. The molecular weight excluding hydrogens is 372 g/mol. The molecule has 0 spiro atoms. The first kappa shape index (κ1) is 19.0. The van der Waals surface area contributed by atoms with Gasteiger partial charge in [-0.1, -0.05) is 0 Å². The van der Waals surface area contributed by atoms with Crippen LogP contribution in [-0.4, -0.2) is 70.3 Å². The summed E-state index contributed by atoms with van der Waals surface area (Å²) in [4.78, 5) is 25.6. The fourth-order valence-electron chi connectivity index (χ4n) is 3.54. The number of fused-ring (bicyclic) bond motifs is 1. The summed E-state index contributed by atoms with van der Waals surface area (Å²) in [5.74, 6) is 2.73. The Kier molecular flexibility index (Phi) is 5.20. The van der Waals surface area contributed by atoms with E-state index in [1.807, 2.05) is 24.8 Å². The van der Waals surface area contributed by atoms with E-state index in [1.54, 1.807) is 29.8 Å². The molecule has 1 saturated heterocycles. The van der Waals surface area contributed by atoms with Crippen LogP contribution in [-0.2, 0) is 0 Å².